The van der Waals surface area contributed by atoms with Gasteiger partial charge in [0.05, 0.1) is 42.8 Å². The van der Waals surface area contributed by atoms with Crippen molar-refractivity contribution in [1.29, 1.82) is 0 Å². The Hall–Kier alpha value is -6.81. The molecule has 6 heterocycles. The van der Waals surface area contributed by atoms with Gasteiger partial charge >= 0.3 is 0 Å². The summed E-state index contributed by atoms with van der Waals surface area (Å²) in [5.41, 5.74) is 14.4. The minimum atomic E-state index is 0.358. The molecule has 0 unspecified atom stereocenters. The summed E-state index contributed by atoms with van der Waals surface area (Å²) >= 11 is 0. The quantitative estimate of drug-likeness (QED) is 0.162. The van der Waals surface area contributed by atoms with Gasteiger partial charge in [-0.1, -0.05) is 132 Å². The first kappa shape index (κ1) is 57.9. The average Bonchev–Trinajstić information content (AvgIpc) is 4.21. The van der Waals surface area contributed by atoms with Crippen LogP contribution in [0.15, 0.2) is 116 Å². The van der Waals surface area contributed by atoms with Gasteiger partial charge in [-0.2, -0.15) is 0 Å². The Morgan fingerprint density at radius 2 is 0.792 bits per heavy atom. The zero-order valence-corrected chi connectivity index (χ0v) is 48.7. The van der Waals surface area contributed by atoms with Gasteiger partial charge in [-0.3, -0.25) is 0 Å². The second-order valence-electron chi connectivity index (χ2n) is 22.3. The number of imidazole rings is 1. The number of nitrogens with zero attached hydrogens (tertiary/aromatic N) is 3. The van der Waals surface area contributed by atoms with Crippen molar-refractivity contribution in [3.05, 3.63) is 160 Å². The van der Waals surface area contributed by atoms with Crippen molar-refractivity contribution in [1.82, 2.24) is 9.55 Å². The molecule has 0 aliphatic carbocycles. The molecular weight excluding hydrogens is 959 g/mol. The largest absolute Gasteiger partial charge is 0.493 e. The maximum Gasteiger partial charge on any atom is 0.231 e. The highest BCUT2D eigenvalue weighted by Gasteiger charge is 2.18. The standard InChI is InChI=1S/C12H17NO.C12H16O.C11H14N2.C11H14O2.C11H14O.C10H12O2/c1-9(2)10-4-5-11-12(8-10)14-7-6-13(11)3;1-9(2)10-5-6-12-11(8-10)4-3-7-13-12;1-8(2)9-4-5-11-10(6-9)12-7-13(11)3;1-8(2)9-3-4-10-11(7-9)13-6-5-12-10;1-8(2)9-3-4-11-10(7-9)5-6-12-11;1-7(2)8-3-4-9-10(5-8)12-6-11-9/h4-5,8-9H,6-7H2,1-3H3;5-6,8-9H,3-4,7H2,1-2H3;4-8H,1-3H3;3-4,7-8H,5-6H2,1-2H3;3-4,7-8H,5-6H2,1-2H3;3-5,7H,6H2,1-2H3. The highest BCUT2D eigenvalue weighted by molar-refractivity contribution is 5.76. The first-order valence-corrected chi connectivity index (χ1v) is 28.1. The fraction of sp³-hybridized carbons (Fsp3) is 0.448. The Balaban J connectivity index is 0.000000134. The zero-order valence-electron chi connectivity index (χ0n) is 48.7. The highest BCUT2D eigenvalue weighted by atomic mass is 16.7. The maximum absolute atomic E-state index is 5.64. The summed E-state index contributed by atoms with van der Waals surface area (Å²) in [6, 6.07) is 38.3. The predicted octanol–water partition coefficient (Wildman–Crippen LogP) is 16.3. The molecule has 0 atom stereocenters. The molecule has 412 valence electrons. The van der Waals surface area contributed by atoms with Gasteiger partial charge in [0.15, 0.2) is 23.0 Å². The molecule has 0 saturated carbocycles. The molecule has 77 heavy (non-hydrogen) atoms. The van der Waals surface area contributed by atoms with E-state index in [1.807, 2.05) is 36.1 Å². The van der Waals surface area contributed by atoms with Crippen LogP contribution in [0.2, 0.25) is 0 Å². The Kier molecular flexibility index (Phi) is 20.7. The van der Waals surface area contributed by atoms with E-state index in [9.17, 15) is 0 Å². The van der Waals surface area contributed by atoms with Crippen LogP contribution in [0.4, 0.5) is 5.69 Å². The van der Waals surface area contributed by atoms with E-state index in [1.165, 1.54) is 62.1 Å². The average molecular weight is 1050 g/mol. The van der Waals surface area contributed by atoms with Gasteiger partial charge in [0.2, 0.25) is 6.79 Å². The topological polar surface area (TPSA) is 85.7 Å². The number of benzene rings is 6. The second kappa shape index (κ2) is 27.5. The molecule has 10 heteroatoms. The Morgan fingerprint density at radius 3 is 1.38 bits per heavy atom. The lowest BCUT2D eigenvalue weighted by Gasteiger charge is -2.28. The fourth-order valence-electron chi connectivity index (χ4n) is 9.24. The van der Waals surface area contributed by atoms with Crippen LogP contribution >= 0.6 is 0 Å². The van der Waals surface area contributed by atoms with Gasteiger partial charge in [0, 0.05) is 20.5 Å². The molecule has 5 aliphatic rings. The summed E-state index contributed by atoms with van der Waals surface area (Å²) in [6.07, 6.45) is 5.27. The Labute approximate surface area is 461 Å². The first-order chi connectivity index (χ1) is 36.9. The second-order valence-corrected chi connectivity index (χ2v) is 22.3. The van der Waals surface area contributed by atoms with Crippen molar-refractivity contribution in [2.24, 2.45) is 7.05 Å². The molecule has 0 amide bonds. The van der Waals surface area contributed by atoms with E-state index in [2.05, 4.69) is 191 Å². The van der Waals surface area contributed by atoms with E-state index in [-0.39, 0.29) is 0 Å². The molecule has 0 N–H and O–H groups in total. The van der Waals surface area contributed by atoms with Crippen LogP contribution in [-0.2, 0) is 19.9 Å². The maximum atomic E-state index is 5.64. The highest BCUT2D eigenvalue weighted by Crippen LogP contribution is 2.36. The molecule has 6 aromatic carbocycles. The summed E-state index contributed by atoms with van der Waals surface area (Å²) < 4.78 is 40.1. The van der Waals surface area contributed by atoms with Crippen LogP contribution in [0.3, 0.4) is 0 Å². The Bertz CT molecular complexity index is 2860. The van der Waals surface area contributed by atoms with Crippen LogP contribution < -0.4 is 38.1 Å². The van der Waals surface area contributed by atoms with Crippen LogP contribution in [0.1, 0.15) is 170 Å². The third kappa shape index (κ3) is 15.9. The van der Waals surface area contributed by atoms with Gasteiger partial charge in [-0.25, -0.2) is 4.98 Å². The molecule has 5 aliphatic heterocycles. The first-order valence-electron chi connectivity index (χ1n) is 28.1. The minimum absolute atomic E-state index is 0.358. The van der Waals surface area contributed by atoms with Crippen molar-refractivity contribution in [3.63, 3.8) is 0 Å². The third-order valence-corrected chi connectivity index (χ3v) is 14.4. The van der Waals surface area contributed by atoms with E-state index in [0.29, 0.717) is 55.5 Å². The number of aromatic nitrogens is 2. The predicted molar refractivity (Wildman–Crippen MR) is 316 cm³/mol. The monoisotopic (exact) mass is 1050 g/mol. The van der Waals surface area contributed by atoms with Crippen LogP contribution in [-0.4, -0.2) is 63.0 Å². The van der Waals surface area contributed by atoms with E-state index < -0.39 is 0 Å². The number of fused-ring (bicyclic) bond motifs is 6. The molecular formula is C67H87N3O7. The van der Waals surface area contributed by atoms with Gasteiger partial charge < -0.3 is 42.6 Å². The number of ether oxygens (including phenoxy) is 7. The Morgan fingerprint density at radius 1 is 0.377 bits per heavy atom. The van der Waals surface area contributed by atoms with Crippen LogP contribution in [0, 0.1) is 0 Å². The van der Waals surface area contributed by atoms with Gasteiger partial charge in [-0.05, 0) is 154 Å². The summed E-state index contributed by atoms with van der Waals surface area (Å²) in [5, 5.41) is 0. The molecule has 1 aromatic heterocycles. The summed E-state index contributed by atoms with van der Waals surface area (Å²) in [5.74, 6) is 10.2. The van der Waals surface area contributed by atoms with E-state index in [1.54, 1.807) is 0 Å². The zero-order chi connectivity index (χ0) is 55.2. The fourth-order valence-corrected chi connectivity index (χ4v) is 9.24. The summed E-state index contributed by atoms with van der Waals surface area (Å²) in [7, 11) is 4.13. The number of rotatable bonds is 6. The molecule has 10 nitrogen and oxygen atoms in total. The summed E-state index contributed by atoms with van der Waals surface area (Å²) in [6.45, 7) is 31.6. The van der Waals surface area contributed by atoms with Gasteiger partial charge in [-0.15, -0.1) is 0 Å². The number of likely N-dealkylation sites (N-methyl/N-ethyl adjacent to an activating group) is 1. The van der Waals surface area contributed by atoms with Crippen molar-refractivity contribution >= 4 is 16.7 Å². The normalized spacial score (nSPS) is 14.2. The van der Waals surface area contributed by atoms with E-state index in [0.717, 1.165) is 85.0 Å². The molecule has 7 aromatic rings. The lowest BCUT2D eigenvalue weighted by atomic mass is 9.97. The van der Waals surface area contributed by atoms with Crippen molar-refractivity contribution < 1.29 is 33.2 Å². The van der Waals surface area contributed by atoms with Crippen LogP contribution in [0.25, 0.3) is 11.0 Å². The third-order valence-electron chi connectivity index (χ3n) is 14.4. The lowest BCUT2D eigenvalue weighted by Crippen LogP contribution is -2.28. The molecule has 0 radical (unpaired) electrons. The smallest absolute Gasteiger partial charge is 0.231 e. The SMILES string of the molecule is CC(C)c1ccc2c(c1)CCCO2.CC(C)c1ccc2c(c1)CCO2.CC(C)c1ccc2c(c1)OCCN2C.CC(C)c1ccc2c(c1)OCCO2.CC(C)c1ccc2c(c1)OCO2.CC(C)c1ccc2c(c1)ncn2C. The van der Waals surface area contributed by atoms with Gasteiger partial charge in [0.25, 0.3) is 0 Å². The number of aryl methyl sites for hydroxylation is 2. The minimum Gasteiger partial charge on any atom is -0.493 e. The van der Waals surface area contributed by atoms with Crippen molar-refractivity contribution in [3.8, 4) is 40.2 Å². The number of anilines is 1. The molecule has 12 rings (SSSR count). The molecule has 0 saturated heterocycles. The van der Waals surface area contributed by atoms with Crippen molar-refractivity contribution in [2.75, 3.05) is 58.3 Å². The molecule has 0 spiro atoms. The summed E-state index contributed by atoms with van der Waals surface area (Å²) in [4.78, 5) is 6.56. The molecule has 0 fully saturated rings. The van der Waals surface area contributed by atoms with Crippen molar-refractivity contribution in [2.45, 2.75) is 138 Å². The number of hydrogen-bond acceptors (Lipinski definition) is 9. The van der Waals surface area contributed by atoms with E-state index >= 15 is 0 Å². The van der Waals surface area contributed by atoms with E-state index in [4.69, 9.17) is 33.2 Å². The van der Waals surface area contributed by atoms with Crippen LogP contribution in [0.5, 0.6) is 40.2 Å². The van der Waals surface area contributed by atoms with Gasteiger partial charge in [0.1, 0.15) is 37.1 Å². The number of hydrogen-bond donors (Lipinski definition) is 0. The molecule has 0 bridgehead atoms. The lowest BCUT2D eigenvalue weighted by molar-refractivity contribution is 0.171.